The molecule has 2 aliphatic rings. The van der Waals surface area contributed by atoms with Crippen LogP contribution >= 0.6 is 0 Å². The highest BCUT2D eigenvalue weighted by Gasteiger charge is 2.27. The van der Waals surface area contributed by atoms with Gasteiger partial charge >= 0.3 is 0 Å². The standard InChI is InChI=1S/C17H31N5O/c1-4-21-6-5-18-17(21)14-22-8-7-20(11-15(22)2)13-16-12-19(3)9-10-23-16/h5-6,15-16H,4,7-14H2,1-3H3/t15-,16-/m1/s1. The van der Waals surface area contributed by atoms with Gasteiger partial charge in [-0.25, -0.2) is 4.98 Å². The molecular weight excluding hydrogens is 290 g/mol. The summed E-state index contributed by atoms with van der Waals surface area (Å²) in [6.07, 6.45) is 4.36. The summed E-state index contributed by atoms with van der Waals surface area (Å²) in [4.78, 5) is 12.0. The number of aryl methyl sites for hydroxylation is 1. The van der Waals surface area contributed by atoms with E-state index in [0.29, 0.717) is 12.1 Å². The molecule has 3 heterocycles. The van der Waals surface area contributed by atoms with Crippen LogP contribution in [0.5, 0.6) is 0 Å². The molecule has 0 amide bonds. The van der Waals surface area contributed by atoms with Gasteiger partial charge in [0.15, 0.2) is 0 Å². The lowest BCUT2D eigenvalue weighted by Crippen LogP contribution is -2.55. The monoisotopic (exact) mass is 321 g/mol. The van der Waals surface area contributed by atoms with Crippen LogP contribution in [0.15, 0.2) is 12.4 Å². The molecule has 3 rings (SSSR count). The lowest BCUT2D eigenvalue weighted by Gasteiger charge is -2.42. The molecule has 1 aromatic rings. The van der Waals surface area contributed by atoms with Crippen LogP contribution in [0.3, 0.4) is 0 Å². The Bertz CT molecular complexity index is 491. The van der Waals surface area contributed by atoms with Crippen molar-refractivity contribution in [3.63, 3.8) is 0 Å². The Kier molecular flexibility index (Phi) is 5.69. The normalized spacial score (nSPS) is 28.3. The summed E-state index contributed by atoms with van der Waals surface area (Å²) in [5.74, 6) is 1.19. The summed E-state index contributed by atoms with van der Waals surface area (Å²) in [5.41, 5.74) is 0. The fourth-order valence-corrected chi connectivity index (χ4v) is 3.70. The van der Waals surface area contributed by atoms with Crippen molar-refractivity contribution < 1.29 is 4.74 Å². The third-order valence-electron chi connectivity index (χ3n) is 5.14. The van der Waals surface area contributed by atoms with Crippen LogP contribution in [0.4, 0.5) is 0 Å². The molecule has 0 bridgehead atoms. The van der Waals surface area contributed by atoms with Gasteiger partial charge in [0.2, 0.25) is 0 Å². The van der Waals surface area contributed by atoms with Gasteiger partial charge in [-0.3, -0.25) is 9.80 Å². The van der Waals surface area contributed by atoms with Gasteiger partial charge in [0.05, 0.1) is 19.3 Å². The number of ether oxygens (including phenoxy) is 1. The summed E-state index contributed by atoms with van der Waals surface area (Å²) in [7, 11) is 2.19. The molecule has 6 heteroatoms. The van der Waals surface area contributed by atoms with Gasteiger partial charge in [-0.05, 0) is 20.9 Å². The fourth-order valence-electron chi connectivity index (χ4n) is 3.70. The van der Waals surface area contributed by atoms with E-state index in [0.717, 1.165) is 59.0 Å². The second kappa shape index (κ2) is 7.75. The van der Waals surface area contributed by atoms with E-state index in [1.165, 1.54) is 5.82 Å². The number of hydrogen-bond donors (Lipinski definition) is 0. The number of imidazole rings is 1. The summed E-state index contributed by atoms with van der Waals surface area (Å²) >= 11 is 0. The van der Waals surface area contributed by atoms with E-state index in [1.54, 1.807) is 0 Å². The Morgan fingerprint density at radius 2 is 2.13 bits per heavy atom. The minimum absolute atomic E-state index is 0.367. The van der Waals surface area contributed by atoms with E-state index >= 15 is 0 Å². The molecule has 1 aromatic heterocycles. The first-order valence-corrected chi connectivity index (χ1v) is 8.92. The molecular formula is C17H31N5O. The van der Waals surface area contributed by atoms with Gasteiger partial charge in [0.1, 0.15) is 5.82 Å². The van der Waals surface area contributed by atoms with Crippen molar-refractivity contribution >= 4 is 0 Å². The van der Waals surface area contributed by atoms with Gasteiger partial charge < -0.3 is 14.2 Å². The molecule has 0 unspecified atom stereocenters. The van der Waals surface area contributed by atoms with Crippen molar-refractivity contribution in [3.05, 3.63) is 18.2 Å². The number of likely N-dealkylation sites (N-methyl/N-ethyl adjacent to an activating group) is 1. The Labute approximate surface area is 140 Å². The van der Waals surface area contributed by atoms with Crippen molar-refractivity contribution in [1.82, 2.24) is 24.3 Å². The largest absolute Gasteiger partial charge is 0.374 e. The highest BCUT2D eigenvalue weighted by atomic mass is 16.5. The van der Waals surface area contributed by atoms with E-state index in [9.17, 15) is 0 Å². The molecule has 2 atom stereocenters. The van der Waals surface area contributed by atoms with E-state index in [-0.39, 0.29) is 0 Å². The second-order valence-corrected chi connectivity index (χ2v) is 6.96. The third-order valence-corrected chi connectivity index (χ3v) is 5.14. The first kappa shape index (κ1) is 16.9. The summed E-state index contributed by atoms with van der Waals surface area (Å²) in [5, 5.41) is 0. The maximum Gasteiger partial charge on any atom is 0.122 e. The molecule has 2 aliphatic heterocycles. The minimum atomic E-state index is 0.367. The molecule has 0 spiro atoms. The highest BCUT2D eigenvalue weighted by molar-refractivity contribution is 4.94. The van der Waals surface area contributed by atoms with Crippen molar-refractivity contribution in [2.45, 2.75) is 39.1 Å². The Morgan fingerprint density at radius 1 is 1.26 bits per heavy atom. The van der Waals surface area contributed by atoms with Gasteiger partial charge in [-0.2, -0.15) is 0 Å². The Balaban J connectivity index is 1.49. The quantitative estimate of drug-likeness (QED) is 0.799. The van der Waals surface area contributed by atoms with E-state index in [1.807, 2.05) is 6.20 Å². The zero-order valence-corrected chi connectivity index (χ0v) is 14.8. The van der Waals surface area contributed by atoms with Crippen molar-refractivity contribution in [2.75, 3.05) is 52.9 Å². The Hall–Kier alpha value is -0.950. The first-order chi connectivity index (χ1) is 11.2. The van der Waals surface area contributed by atoms with Crippen LogP contribution in [0.2, 0.25) is 0 Å². The number of morpholine rings is 1. The molecule has 23 heavy (non-hydrogen) atoms. The third kappa shape index (κ3) is 4.32. The van der Waals surface area contributed by atoms with Crippen LogP contribution in [0, 0.1) is 0 Å². The predicted octanol–water partition coefficient (Wildman–Crippen LogP) is 0.740. The lowest BCUT2D eigenvalue weighted by atomic mass is 10.1. The van der Waals surface area contributed by atoms with Crippen LogP contribution < -0.4 is 0 Å². The molecule has 0 N–H and O–H groups in total. The minimum Gasteiger partial charge on any atom is -0.374 e. The highest BCUT2D eigenvalue weighted by Crippen LogP contribution is 2.15. The first-order valence-electron chi connectivity index (χ1n) is 8.92. The van der Waals surface area contributed by atoms with Crippen LogP contribution in [0.25, 0.3) is 0 Å². The van der Waals surface area contributed by atoms with Gasteiger partial charge in [-0.1, -0.05) is 0 Å². The van der Waals surface area contributed by atoms with E-state index in [2.05, 4.69) is 51.3 Å². The summed E-state index contributed by atoms with van der Waals surface area (Å²) < 4.78 is 8.16. The molecule has 6 nitrogen and oxygen atoms in total. The zero-order valence-electron chi connectivity index (χ0n) is 14.8. The van der Waals surface area contributed by atoms with E-state index in [4.69, 9.17) is 4.74 Å². The van der Waals surface area contributed by atoms with Gasteiger partial charge in [-0.15, -0.1) is 0 Å². The fraction of sp³-hybridized carbons (Fsp3) is 0.824. The van der Waals surface area contributed by atoms with Crippen LogP contribution in [-0.4, -0.2) is 89.3 Å². The zero-order chi connectivity index (χ0) is 16.2. The molecule has 130 valence electrons. The number of rotatable bonds is 5. The molecule has 0 saturated carbocycles. The topological polar surface area (TPSA) is 36.8 Å². The molecule has 0 radical (unpaired) electrons. The molecule has 2 saturated heterocycles. The summed E-state index contributed by atoms with van der Waals surface area (Å²) in [6, 6.07) is 0.562. The van der Waals surface area contributed by atoms with Crippen molar-refractivity contribution in [1.29, 1.82) is 0 Å². The number of nitrogens with zero attached hydrogens (tertiary/aromatic N) is 5. The number of aromatic nitrogens is 2. The van der Waals surface area contributed by atoms with Crippen LogP contribution in [-0.2, 0) is 17.8 Å². The summed E-state index contributed by atoms with van der Waals surface area (Å²) in [6.45, 7) is 13.9. The molecule has 2 fully saturated rings. The molecule has 0 aromatic carbocycles. The van der Waals surface area contributed by atoms with E-state index < -0.39 is 0 Å². The smallest absolute Gasteiger partial charge is 0.122 e. The maximum absolute atomic E-state index is 5.92. The van der Waals surface area contributed by atoms with Crippen molar-refractivity contribution in [2.24, 2.45) is 0 Å². The lowest BCUT2D eigenvalue weighted by molar-refractivity contribution is -0.0460. The van der Waals surface area contributed by atoms with Gasteiger partial charge in [0.25, 0.3) is 0 Å². The number of hydrogen-bond acceptors (Lipinski definition) is 5. The maximum atomic E-state index is 5.92. The van der Waals surface area contributed by atoms with Gasteiger partial charge in [0, 0.05) is 64.2 Å². The molecule has 0 aliphatic carbocycles. The van der Waals surface area contributed by atoms with Crippen molar-refractivity contribution in [3.8, 4) is 0 Å². The van der Waals surface area contributed by atoms with Crippen LogP contribution in [0.1, 0.15) is 19.7 Å². The SMILES string of the molecule is CCn1ccnc1CN1CCN(C[C@H]2CN(C)CCO2)C[C@H]1C. The average molecular weight is 321 g/mol. The predicted molar refractivity (Wildman–Crippen MR) is 91.5 cm³/mol. The average Bonchev–Trinajstić information content (AvgIpc) is 2.97. The number of piperazine rings is 1. The Morgan fingerprint density at radius 3 is 2.87 bits per heavy atom. The second-order valence-electron chi connectivity index (χ2n) is 6.96.